The van der Waals surface area contributed by atoms with Gasteiger partial charge in [-0.3, -0.25) is 9.69 Å². The number of amides is 1. The van der Waals surface area contributed by atoms with Gasteiger partial charge in [-0.2, -0.15) is 5.26 Å². The van der Waals surface area contributed by atoms with Crippen LogP contribution in [0.5, 0.6) is 0 Å². The van der Waals surface area contributed by atoms with Crippen molar-refractivity contribution in [2.45, 2.75) is 57.0 Å². The number of nitrogens with one attached hydrogen (secondary N) is 2. The van der Waals surface area contributed by atoms with Gasteiger partial charge in [0, 0.05) is 18.2 Å². The Bertz CT molecular complexity index is 1090. The maximum absolute atomic E-state index is 12.5. The molecule has 2 aliphatic rings. The number of hydrogen-bond acceptors (Lipinski definition) is 4. The molecule has 2 atom stereocenters. The molecule has 1 aliphatic heterocycles. The van der Waals surface area contributed by atoms with Gasteiger partial charge >= 0.3 is 0 Å². The highest BCUT2D eigenvalue weighted by Gasteiger charge is 2.37. The van der Waals surface area contributed by atoms with E-state index in [1.54, 1.807) is 24.3 Å². The van der Waals surface area contributed by atoms with Gasteiger partial charge < -0.3 is 10.3 Å². The second-order valence-corrected chi connectivity index (χ2v) is 9.14. The molecule has 1 saturated carbocycles. The number of likely N-dealkylation sites (tertiary alicyclic amines) is 1. The third-order valence-electron chi connectivity index (χ3n) is 7.10. The smallest absolute Gasteiger partial charge is 0.224 e. The van der Waals surface area contributed by atoms with E-state index in [-0.39, 0.29) is 5.91 Å². The monoisotopic (exact) mass is 427 g/mol. The lowest BCUT2D eigenvalue weighted by molar-refractivity contribution is -0.116. The number of nitrogens with zero attached hydrogens (tertiary/aromatic N) is 3. The fraction of sp³-hybridized carbons (Fsp3) is 0.423. The van der Waals surface area contributed by atoms with Crippen LogP contribution in [0.1, 0.15) is 62.4 Å². The minimum absolute atomic E-state index is 0.0383. The van der Waals surface area contributed by atoms with Crippen LogP contribution < -0.4 is 5.32 Å². The zero-order valence-electron chi connectivity index (χ0n) is 18.3. The second-order valence-electron chi connectivity index (χ2n) is 9.14. The summed E-state index contributed by atoms with van der Waals surface area (Å²) < 4.78 is 0. The van der Waals surface area contributed by atoms with E-state index < -0.39 is 0 Å². The first-order chi connectivity index (χ1) is 15.7. The standard InChI is InChI=1S/C26H29N5O/c27-17-19-8-11-20(12-9-19)28-25(32)13-10-18-14-15-31(21-4-3-5-21)24(16-18)26-29-22-6-1-2-7-23(22)30-26/h1-2,6-9,11-12,18,21,24H,3-5,10,13-16H2,(H,28,32)(H,29,30)/t18?,24-/m1/s1. The molecule has 1 unspecified atom stereocenters. The lowest BCUT2D eigenvalue weighted by Gasteiger charge is -2.46. The van der Waals surface area contributed by atoms with Crippen LogP contribution in [0.3, 0.4) is 0 Å². The average molecular weight is 428 g/mol. The van der Waals surface area contributed by atoms with Gasteiger partial charge in [-0.25, -0.2) is 4.98 Å². The molecule has 32 heavy (non-hydrogen) atoms. The van der Waals surface area contributed by atoms with Gasteiger partial charge in [-0.1, -0.05) is 18.6 Å². The summed E-state index contributed by atoms with van der Waals surface area (Å²) in [4.78, 5) is 23.7. The Balaban J connectivity index is 1.23. The molecule has 1 aromatic heterocycles. The van der Waals surface area contributed by atoms with Crippen molar-refractivity contribution < 1.29 is 4.79 Å². The summed E-state index contributed by atoms with van der Waals surface area (Å²) in [6, 6.07) is 18.3. The van der Waals surface area contributed by atoms with E-state index in [0.29, 0.717) is 30.0 Å². The summed E-state index contributed by atoms with van der Waals surface area (Å²) >= 11 is 0. The zero-order valence-corrected chi connectivity index (χ0v) is 18.3. The highest BCUT2D eigenvalue weighted by Crippen LogP contribution is 2.41. The van der Waals surface area contributed by atoms with Gasteiger partial charge in [0.1, 0.15) is 5.82 Å². The lowest BCUT2D eigenvalue weighted by Crippen LogP contribution is -2.47. The summed E-state index contributed by atoms with van der Waals surface area (Å²) in [5.41, 5.74) is 3.46. The van der Waals surface area contributed by atoms with Crippen molar-refractivity contribution in [3.63, 3.8) is 0 Å². The summed E-state index contributed by atoms with van der Waals surface area (Å²) in [6.45, 7) is 1.08. The molecule has 0 radical (unpaired) electrons. The third kappa shape index (κ3) is 4.39. The first-order valence-electron chi connectivity index (χ1n) is 11.7. The maximum Gasteiger partial charge on any atom is 0.224 e. The Morgan fingerprint density at radius 1 is 1.16 bits per heavy atom. The number of H-pyrrole nitrogens is 1. The Morgan fingerprint density at radius 2 is 1.97 bits per heavy atom. The van der Waals surface area contributed by atoms with Crippen LogP contribution in [-0.2, 0) is 4.79 Å². The summed E-state index contributed by atoms with van der Waals surface area (Å²) in [7, 11) is 0. The molecular formula is C26H29N5O. The number of aromatic amines is 1. The minimum atomic E-state index is 0.0383. The Labute approximate surface area is 188 Å². The number of piperidine rings is 1. The average Bonchev–Trinajstić information content (AvgIpc) is 3.22. The molecule has 2 heterocycles. The van der Waals surface area contributed by atoms with Crippen molar-refractivity contribution in [2.24, 2.45) is 5.92 Å². The van der Waals surface area contributed by atoms with Crippen LogP contribution in [0.15, 0.2) is 48.5 Å². The summed E-state index contributed by atoms with van der Waals surface area (Å²) in [5, 5.41) is 11.9. The van der Waals surface area contributed by atoms with E-state index in [9.17, 15) is 4.79 Å². The fourth-order valence-corrected chi connectivity index (χ4v) is 5.06. The molecular weight excluding hydrogens is 398 g/mol. The Hall–Kier alpha value is -3.17. The van der Waals surface area contributed by atoms with Gasteiger partial charge in [0.2, 0.25) is 5.91 Å². The highest BCUT2D eigenvalue weighted by atomic mass is 16.1. The molecule has 6 nitrogen and oxygen atoms in total. The van der Waals surface area contributed by atoms with Crippen molar-refractivity contribution in [3.8, 4) is 6.07 Å². The molecule has 2 aromatic carbocycles. The molecule has 0 bridgehead atoms. The van der Waals surface area contributed by atoms with E-state index >= 15 is 0 Å². The number of hydrogen-bond donors (Lipinski definition) is 2. The number of imidazole rings is 1. The molecule has 1 saturated heterocycles. The highest BCUT2D eigenvalue weighted by molar-refractivity contribution is 5.90. The number of rotatable bonds is 6. The molecule has 5 rings (SSSR count). The first-order valence-corrected chi connectivity index (χ1v) is 11.7. The van der Waals surface area contributed by atoms with Crippen LogP contribution >= 0.6 is 0 Å². The van der Waals surface area contributed by atoms with Crippen molar-refractivity contribution in [1.29, 1.82) is 5.26 Å². The molecule has 3 aromatic rings. The van der Waals surface area contributed by atoms with Gasteiger partial charge in [-0.15, -0.1) is 0 Å². The van der Waals surface area contributed by atoms with E-state index in [0.717, 1.165) is 48.4 Å². The molecule has 2 fully saturated rings. The van der Waals surface area contributed by atoms with Gasteiger partial charge in [0.15, 0.2) is 0 Å². The number of para-hydroxylation sites is 2. The predicted octanol–water partition coefficient (Wildman–Crippen LogP) is 5.16. The topological polar surface area (TPSA) is 84.8 Å². The van der Waals surface area contributed by atoms with Crippen LogP contribution in [-0.4, -0.2) is 33.4 Å². The van der Waals surface area contributed by atoms with Crippen molar-refractivity contribution in [1.82, 2.24) is 14.9 Å². The zero-order chi connectivity index (χ0) is 21.9. The van der Waals surface area contributed by atoms with Gasteiger partial charge in [-0.05, 0) is 81.0 Å². The largest absolute Gasteiger partial charge is 0.341 e. The number of nitriles is 1. The fourth-order valence-electron chi connectivity index (χ4n) is 5.06. The third-order valence-corrected chi connectivity index (χ3v) is 7.10. The second kappa shape index (κ2) is 9.13. The SMILES string of the molecule is N#Cc1ccc(NC(=O)CCC2CCN(C3CCC3)[C@@H](c3nc4ccccc4[nH]3)C2)cc1. The van der Waals surface area contributed by atoms with Crippen LogP contribution in [0.4, 0.5) is 5.69 Å². The molecule has 2 N–H and O–H groups in total. The van der Waals surface area contributed by atoms with E-state index in [1.807, 2.05) is 12.1 Å². The molecule has 164 valence electrons. The van der Waals surface area contributed by atoms with Crippen LogP contribution in [0.25, 0.3) is 11.0 Å². The van der Waals surface area contributed by atoms with E-state index in [2.05, 4.69) is 33.4 Å². The minimum Gasteiger partial charge on any atom is -0.341 e. The number of aromatic nitrogens is 2. The van der Waals surface area contributed by atoms with Gasteiger partial charge in [0.05, 0.1) is 28.7 Å². The van der Waals surface area contributed by atoms with Gasteiger partial charge in [0.25, 0.3) is 0 Å². The van der Waals surface area contributed by atoms with E-state index in [1.165, 1.54) is 19.3 Å². The molecule has 6 heteroatoms. The molecule has 0 spiro atoms. The number of benzene rings is 2. The number of carbonyl (C=O) groups excluding carboxylic acids is 1. The summed E-state index contributed by atoms with van der Waals surface area (Å²) in [5.74, 6) is 1.62. The summed E-state index contributed by atoms with van der Waals surface area (Å²) in [6.07, 6.45) is 7.48. The quantitative estimate of drug-likeness (QED) is 0.569. The first kappa shape index (κ1) is 20.7. The number of carbonyl (C=O) groups is 1. The molecule has 1 amide bonds. The Kier molecular flexibility index (Phi) is 5.91. The number of anilines is 1. The van der Waals surface area contributed by atoms with Crippen molar-refractivity contribution >= 4 is 22.6 Å². The van der Waals surface area contributed by atoms with Crippen LogP contribution in [0.2, 0.25) is 0 Å². The Morgan fingerprint density at radius 3 is 2.69 bits per heavy atom. The molecule has 1 aliphatic carbocycles. The number of fused-ring (bicyclic) bond motifs is 1. The lowest BCUT2D eigenvalue weighted by atomic mass is 9.82. The van der Waals surface area contributed by atoms with Crippen molar-refractivity contribution in [2.75, 3.05) is 11.9 Å². The van der Waals surface area contributed by atoms with Crippen molar-refractivity contribution in [3.05, 3.63) is 59.9 Å². The normalized spacial score (nSPS) is 21.7. The maximum atomic E-state index is 12.5. The predicted molar refractivity (Wildman–Crippen MR) is 125 cm³/mol. The van der Waals surface area contributed by atoms with E-state index in [4.69, 9.17) is 10.2 Å². The van der Waals surface area contributed by atoms with Crippen LogP contribution in [0, 0.1) is 17.2 Å².